The molecule has 0 aliphatic carbocycles. The number of hydrogen-bond donors (Lipinski definition) is 2. The first-order valence-corrected chi connectivity index (χ1v) is 7.91. The molecule has 2 N–H and O–H groups in total. The number of halogens is 2. The van der Waals surface area contributed by atoms with Crippen molar-refractivity contribution in [3.8, 4) is 0 Å². The second-order valence-electron chi connectivity index (χ2n) is 4.22. The molecule has 0 unspecified atom stereocenters. The van der Waals surface area contributed by atoms with Crippen molar-refractivity contribution in [1.82, 2.24) is 10.0 Å². The van der Waals surface area contributed by atoms with Crippen LogP contribution in [0.4, 0.5) is 0 Å². The number of benzene rings is 1. The molecule has 1 aromatic rings. The number of hydrogen-bond acceptors (Lipinski definition) is 3. The van der Waals surface area contributed by atoms with E-state index in [4.69, 9.17) is 23.2 Å². The van der Waals surface area contributed by atoms with Crippen molar-refractivity contribution in [3.63, 3.8) is 0 Å². The number of sulfonamides is 1. The van der Waals surface area contributed by atoms with Gasteiger partial charge in [0.2, 0.25) is 10.0 Å². The lowest BCUT2D eigenvalue weighted by Crippen LogP contribution is -2.37. The summed E-state index contributed by atoms with van der Waals surface area (Å²) in [5, 5.41) is 3.77. The SMILES string of the molecule is O=S(=O)(NC[C@H]1CCCN1)c1ccc(Cl)cc1Cl. The molecule has 100 valence electrons. The monoisotopic (exact) mass is 308 g/mol. The Hall–Kier alpha value is -0.330. The number of rotatable bonds is 4. The summed E-state index contributed by atoms with van der Waals surface area (Å²) in [6.07, 6.45) is 2.06. The van der Waals surface area contributed by atoms with E-state index in [0.29, 0.717) is 11.6 Å². The smallest absolute Gasteiger partial charge is 0.242 e. The van der Waals surface area contributed by atoms with Crippen molar-refractivity contribution in [3.05, 3.63) is 28.2 Å². The van der Waals surface area contributed by atoms with E-state index in [2.05, 4.69) is 10.0 Å². The molecule has 1 aliphatic rings. The van der Waals surface area contributed by atoms with Gasteiger partial charge in [0.1, 0.15) is 4.90 Å². The molecule has 7 heteroatoms. The second-order valence-corrected chi connectivity index (χ2v) is 6.80. The van der Waals surface area contributed by atoms with E-state index in [1.807, 2.05) is 0 Å². The third-order valence-electron chi connectivity index (χ3n) is 2.87. The van der Waals surface area contributed by atoms with Gasteiger partial charge in [0.15, 0.2) is 0 Å². The molecule has 0 bridgehead atoms. The Morgan fingerprint density at radius 2 is 2.17 bits per heavy atom. The van der Waals surface area contributed by atoms with E-state index in [-0.39, 0.29) is 16.0 Å². The molecule has 0 amide bonds. The van der Waals surface area contributed by atoms with Crippen molar-refractivity contribution in [2.24, 2.45) is 0 Å². The van der Waals surface area contributed by atoms with E-state index < -0.39 is 10.0 Å². The molecule has 0 radical (unpaired) electrons. The third kappa shape index (κ3) is 3.36. The van der Waals surface area contributed by atoms with Crippen LogP contribution >= 0.6 is 23.2 Å². The van der Waals surface area contributed by atoms with Crippen molar-refractivity contribution in [2.45, 2.75) is 23.8 Å². The fraction of sp³-hybridized carbons (Fsp3) is 0.455. The summed E-state index contributed by atoms with van der Waals surface area (Å²) >= 11 is 11.6. The average molecular weight is 309 g/mol. The van der Waals surface area contributed by atoms with Crippen LogP contribution in [0.1, 0.15) is 12.8 Å². The minimum atomic E-state index is -3.58. The standard InChI is InChI=1S/C11H14Cl2N2O2S/c12-8-3-4-11(10(13)6-8)18(16,17)15-7-9-2-1-5-14-9/h3-4,6,9,14-15H,1-2,5,7H2/t9-/m1/s1. The van der Waals surface area contributed by atoms with E-state index in [1.54, 1.807) is 0 Å². The average Bonchev–Trinajstić information content (AvgIpc) is 2.78. The van der Waals surface area contributed by atoms with Gasteiger partial charge in [-0.05, 0) is 37.6 Å². The second kappa shape index (κ2) is 5.75. The Kier molecular flexibility index (Phi) is 4.50. The van der Waals surface area contributed by atoms with Crippen LogP contribution in [0.15, 0.2) is 23.1 Å². The van der Waals surface area contributed by atoms with Crippen LogP contribution in [0.5, 0.6) is 0 Å². The van der Waals surface area contributed by atoms with Crippen molar-refractivity contribution in [2.75, 3.05) is 13.1 Å². The minimum Gasteiger partial charge on any atom is -0.313 e. The van der Waals surface area contributed by atoms with Gasteiger partial charge in [-0.15, -0.1) is 0 Å². The van der Waals surface area contributed by atoms with Gasteiger partial charge in [0.25, 0.3) is 0 Å². The highest BCUT2D eigenvalue weighted by Gasteiger charge is 2.21. The zero-order valence-electron chi connectivity index (χ0n) is 9.62. The highest BCUT2D eigenvalue weighted by molar-refractivity contribution is 7.89. The molecule has 0 aromatic heterocycles. The van der Waals surface area contributed by atoms with Crippen molar-refractivity contribution < 1.29 is 8.42 Å². The van der Waals surface area contributed by atoms with E-state index in [0.717, 1.165) is 19.4 Å². The summed E-state index contributed by atoms with van der Waals surface area (Å²) in [5.74, 6) is 0. The Balaban J connectivity index is 2.09. The molecular weight excluding hydrogens is 295 g/mol. The Morgan fingerprint density at radius 3 is 2.78 bits per heavy atom. The minimum absolute atomic E-state index is 0.0616. The summed E-state index contributed by atoms with van der Waals surface area (Å²) in [6.45, 7) is 1.31. The zero-order chi connectivity index (χ0) is 13.2. The summed E-state index contributed by atoms with van der Waals surface area (Å²) in [4.78, 5) is 0.0616. The predicted molar refractivity (Wildman–Crippen MR) is 72.7 cm³/mol. The molecule has 1 aliphatic heterocycles. The fourth-order valence-corrected chi connectivity index (χ4v) is 3.76. The number of nitrogens with one attached hydrogen (secondary N) is 2. The van der Waals surface area contributed by atoms with Crippen LogP contribution < -0.4 is 10.0 Å². The van der Waals surface area contributed by atoms with Gasteiger partial charge in [-0.25, -0.2) is 13.1 Å². The highest BCUT2D eigenvalue weighted by atomic mass is 35.5. The maximum atomic E-state index is 12.1. The van der Waals surface area contributed by atoms with Gasteiger partial charge in [-0.1, -0.05) is 23.2 Å². The predicted octanol–water partition coefficient (Wildman–Crippen LogP) is 2.02. The van der Waals surface area contributed by atoms with Gasteiger partial charge in [0.05, 0.1) is 5.02 Å². The van der Waals surface area contributed by atoms with E-state index in [1.165, 1.54) is 18.2 Å². The van der Waals surface area contributed by atoms with Crippen LogP contribution in [0.3, 0.4) is 0 Å². The lowest BCUT2D eigenvalue weighted by Gasteiger charge is -2.12. The van der Waals surface area contributed by atoms with Gasteiger partial charge in [-0.2, -0.15) is 0 Å². The van der Waals surface area contributed by atoms with Crippen LogP contribution in [-0.4, -0.2) is 27.5 Å². The molecule has 4 nitrogen and oxygen atoms in total. The van der Waals surface area contributed by atoms with Gasteiger partial charge in [-0.3, -0.25) is 0 Å². The first kappa shape index (κ1) is 14.1. The summed E-state index contributed by atoms with van der Waals surface area (Å²) in [7, 11) is -3.58. The Labute approximate surface area is 117 Å². The zero-order valence-corrected chi connectivity index (χ0v) is 11.9. The van der Waals surface area contributed by atoms with E-state index >= 15 is 0 Å². The largest absolute Gasteiger partial charge is 0.313 e. The van der Waals surface area contributed by atoms with Gasteiger partial charge in [0, 0.05) is 17.6 Å². The van der Waals surface area contributed by atoms with Crippen molar-refractivity contribution in [1.29, 1.82) is 0 Å². The van der Waals surface area contributed by atoms with Crippen LogP contribution in [-0.2, 0) is 10.0 Å². The molecule has 0 spiro atoms. The lowest BCUT2D eigenvalue weighted by atomic mass is 10.2. The quantitative estimate of drug-likeness (QED) is 0.894. The molecule has 1 heterocycles. The highest BCUT2D eigenvalue weighted by Crippen LogP contribution is 2.24. The Bertz CT molecular complexity index is 528. The summed E-state index contributed by atoms with van der Waals surface area (Å²) in [5.41, 5.74) is 0. The van der Waals surface area contributed by atoms with Crippen molar-refractivity contribution >= 4 is 33.2 Å². The van der Waals surface area contributed by atoms with Crippen LogP contribution in [0, 0.1) is 0 Å². The van der Waals surface area contributed by atoms with Gasteiger partial charge >= 0.3 is 0 Å². The summed E-state index contributed by atoms with van der Waals surface area (Å²) < 4.78 is 26.7. The van der Waals surface area contributed by atoms with Crippen LogP contribution in [0.25, 0.3) is 0 Å². The third-order valence-corrected chi connectivity index (χ3v) is 5.01. The van der Waals surface area contributed by atoms with Crippen LogP contribution in [0.2, 0.25) is 10.0 Å². The molecule has 1 aromatic carbocycles. The first-order chi connectivity index (χ1) is 8.49. The molecule has 1 atom stereocenters. The molecule has 2 rings (SSSR count). The fourth-order valence-electron chi connectivity index (χ4n) is 1.91. The molecule has 1 saturated heterocycles. The molecular formula is C11H14Cl2N2O2S. The summed E-state index contributed by atoms with van der Waals surface area (Å²) in [6, 6.07) is 4.54. The maximum absolute atomic E-state index is 12.1. The van der Waals surface area contributed by atoms with Gasteiger partial charge < -0.3 is 5.32 Å². The first-order valence-electron chi connectivity index (χ1n) is 5.67. The topological polar surface area (TPSA) is 58.2 Å². The molecule has 18 heavy (non-hydrogen) atoms. The maximum Gasteiger partial charge on any atom is 0.242 e. The van der Waals surface area contributed by atoms with E-state index in [9.17, 15) is 8.42 Å². The molecule has 0 saturated carbocycles. The normalized spacial score (nSPS) is 20.2. The lowest BCUT2D eigenvalue weighted by molar-refractivity contribution is 0.552. The Morgan fingerprint density at radius 1 is 1.39 bits per heavy atom. The molecule has 1 fully saturated rings.